The molecule has 0 heterocycles. The number of nitrogens with two attached hydrogens (primary N) is 1. The van der Waals surface area contributed by atoms with Gasteiger partial charge in [0.05, 0.1) is 10.7 Å². The summed E-state index contributed by atoms with van der Waals surface area (Å²) in [5.74, 6) is 0.137. The molecule has 0 spiro atoms. The summed E-state index contributed by atoms with van der Waals surface area (Å²) in [4.78, 5) is 17.9. The first-order valence-electron chi connectivity index (χ1n) is 7.63. The number of carbonyl (C=O) groups is 1. The van der Waals surface area contributed by atoms with E-state index >= 15 is 0 Å². The highest BCUT2D eigenvalue weighted by molar-refractivity contribution is 6.34. The van der Waals surface area contributed by atoms with Gasteiger partial charge in [-0.2, -0.15) is 0 Å². The summed E-state index contributed by atoms with van der Waals surface area (Å²) < 4.78 is 0. The van der Waals surface area contributed by atoms with E-state index in [1.807, 2.05) is 19.1 Å². The van der Waals surface area contributed by atoms with Crippen LogP contribution in [0.3, 0.4) is 0 Å². The predicted molar refractivity (Wildman–Crippen MR) is 93.8 cm³/mol. The second-order valence-corrected chi connectivity index (χ2v) is 5.47. The topological polar surface area (TPSA) is 70.7 Å². The lowest BCUT2D eigenvalue weighted by Gasteiger charge is -2.22. The van der Waals surface area contributed by atoms with Crippen molar-refractivity contribution < 1.29 is 4.79 Å². The number of amides is 2. The zero-order valence-corrected chi connectivity index (χ0v) is 14.3. The molecule has 2 amide bonds. The number of urea groups is 1. The molecule has 1 aromatic carbocycles. The first-order valence-corrected chi connectivity index (χ1v) is 8.01. The molecule has 6 heteroatoms. The number of para-hydroxylation sites is 1. The maximum Gasteiger partial charge on any atom is 0.328 e. The van der Waals surface area contributed by atoms with Crippen molar-refractivity contribution in [3.05, 3.63) is 28.8 Å². The Morgan fingerprint density at radius 3 is 2.73 bits per heavy atom. The van der Waals surface area contributed by atoms with Crippen molar-refractivity contribution in [2.24, 2.45) is 10.7 Å². The van der Waals surface area contributed by atoms with E-state index < -0.39 is 0 Å². The number of nitrogens with one attached hydrogen (secondary N) is 1. The van der Waals surface area contributed by atoms with Crippen LogP contribution in [0, 0.1) is 0 Å². The number of hydrogen-bond acceptors (Lipinski definition) is 2. The van der Waals surface area contributed by atoms with Crippen LogP contribution in [0.2, 0.25) is 5.02 Å². The van der Waals surface area contributed by atoms with E-state index in [9.17, 15) is 4.79 Å². The highest BCUT2D eigenvalue weighted by Gasteiger charge is 2.17. The van der Waals surface area contributed by atoms with Crippen LogP contribution in [0.4, 0.5) is 10.5 Å². The number of nitrogens with zero attached hydrogens (tertiary/aromatic N) is 2. The maximum atomic E-state index is 12.3. The number of unbranched alkanes of at least 4 members (excludes halogenated alkanes) is 2. The van der Waals surface area contributed by atoms with Crippen LogP contribution in [0.25, 0.3) is 0 Å². The normalized spacial score (nSPS) is 11.4. The average molecular weight is 325 g/mol. The molecule has 0 bridgehead atoms. The highest BCUT2D eigenvalue weighted by Crippen LogP contribution is 2.29. The quantitative estimate of drug-likeness (QED) is 0.477. The molecule has 0 fully saturated rings. The fraction of sp³-hybridized carbons (Fsp3) is 0.500. The molecule has 0 radical (unpaired) electrons. The summed E-state index contributed by atoms with van der Waals surface area (Å²) in [5.41, 5.74) is 7.44. The summed E-state index contributed by atoms with van der Waals surface area (Å²) in [5, 5.41) is 3.13. The molecule has 0 aliphatic carbocycles. The molecule has 22 heavy (non-hydrogen) atoms. The summed E-state index contributed by atoms with van der Waals surface area (Å²) in [6, 6.07) is 5.24. The number of aliphatic imine (C=N–C) groups is 1. The summed E-state index contributed by atoms with van der Waals surface area (Å²) in [6.45, 7) is 4.76. The molecular formula is C16H25ClN4O. The van der Waals surface area contributed by atoms with Crippen LogP contribution < -0.4 is 16.0 Å². The van der Waals surface area contributed by atoms with Gasteiger partial charge >= 0.3 is 6.03 Å². The number of anilines is 1. The fourth-order valence-corrected chi connectivity index (χ4v) is 2.44. The Kier molecular flexibility index (Phi) is 7.74. The van der Waals surface area contributed by atoms with Crippen molar-refractivity contribution >= 4 is 29.3 Å². The van der Waals surface area contributed by atoms with Crippen molar-refractivity contribution in [3.8, 4) is 0 Å². The Morgan fingerprint density at radius 1 is 1.36 bits per heavy atom. The van der Waals surface area contributed by atoms with E-state index in [1.54, 1.807) is 13.1 Å². The van der Waals surface area contributed by atoms with Crippen LogP contribution in [0.15, 0.2) is 23.2 Å². The largest absolute Gasteiger partial charge is 0.370 e. The second kappa shape index (κ2) is 9.30. The van der Waals surface area contributed by atoms with E-state index in [4.69, 9.17) is 17.3 Å². The zero-order valence-electron chi connectivity index (χ0n) is 13.5. The molecule has 122 valence electrons. The molecule has 0 aliphatic heterocycles. The minimum absolute atomic E-state index is 0.137. The molecule has 0 aromatic heterocycles. The van der Waals surface area contributed by atoms with Crippen LogP contribution in [0.5, 0.6) is 0 Å². The van der Waals surface area contributed by atoms with Crippen molar-refractivity contribution in [1.82, 2.24) is 5.32 Å². The lowest BCUT2D eigenvalue weighted by molar-refractivity contribution is 0.251. The Labute approximate surface area is 137 Å². The van der Waals surface area contributed by atoms with Gasteiger partial charge in [0.1, 0.15) is 0 Å². The Hall–Kier alpha value is -1.75. The van der Waals surface area contributed by atoms with Gasteiger partial charge in [0, 0.05) is 13.6 Å². The SMILES string of the molecule is CCCCCN=C(N)NC(=O)N(C)c1c(Cl)cccc1CC. The van der Waals surface area contributed by atoms with Gasteiger partial charge < -0.3 is 5.73 Å². The smallest absolute Gasteiger partial charge is 0.328 e. The van der Waals surface area contributed by atoms with E-state index in [0.29, 0.717) is 17.3 Å². The van der Waals surface area contributed by atoms with E-state index in [-0.39, 0.29) is 12.0 Å². The van der Waals surface area contributed by atoms with Crippen LogP contribution in [0.1, 0.15) is 38.7 Å². The third kappa shape index (κ3) is 5.22. The van der Waals surface area contributed by atoms with Crippen molar-refractivity contribution in [3.63, 3.8) is 0 Å². The molecule has 0 atom stereocenters. The first kappa shape index (κ1) is 18.3. The van der Waals surface area contributed by atoms with E-state index in [2.05, 4.69) is 17.2 Å². The Balaban J connectivity index is 2.73. The monoisotopic (exact) mass is 324 g/mol. The van der Waals surface area contributed by atoms with Crippen LogP contribution in [-0.2, 0) is 6.42 Å². The molecule has 0 unspecified atom stereocenters. The lowest BCUT2D eigenvalue weighted by atomic mass is 10.1. The number of carbonyl (C=O) groups excluding carboxylic acids is 1. The Bertz CT molecular complexity index is 531. The van der Waals surface area contributed by atoms with Crippen LogP contribution >= 0.6 is 11.6 Å². The minimum Gasteiger partial charge on any atom is -0.370 e. The molecule has 0 saturated carbocycles. The van der Waals surface area contributed by atoms with Crippen molar-refractivity contribution in [2.45, 2.75) is 39.5 Å². The summed E-state index contributed by atoms with van der Waals surface area (Å²) >= 11 is 6.22. The number of halogens is 1. The molecule has 3 N–H and O–H groups in total. The number of guanidine groups is 1. The molecule has 1 aromatic rings. The van der Waals surface area contributed by atoms with Crippen LogP contribution in [-0.4, -0.2) is 25.6 Å². The number of rotatable bonds is 6. The fourth-order valence-electron chi connectivity index (χ4n) is 2.12. The standard InChI is InChI=1S/C16H25ClN4O/c1-4-6-7-11-19-15(18)20-16(22)21(3)14-12(5-2)9-8-10-13(14)17/h8-10H,4-7,11H2,1-3H3,(H3,18,19,20,22). The van der Waals surface area contributed by atoms with Gasteiger partial charge in [-0.3, -0.25) is 15.2 Å². The van der Waals surface area contributed by atoms with E-state index in [1.165, 1.54) is 4.90 Å². The second-order valence-electron chi connectivity index (χ2n) is 5.06. The zero-order chi connectivity index (χ0) is 16.5. The van der Waals surface area contributed by atoms with Gasteiger partial charge in [-0.1, -0.05) is 50.4 Å². The molecule has 1 rings (SSSR count). The lowest BCUT2D eigenvalue weighted by Crippen LogP contribution is -2.44. The molecule has 0 saturated heterocycles. The van der Waals surface area contributed by atoms with Gasteiger partial charge in [-0.25, -0.2) is 4.79 Å². The summed E-state index contributed by atoms with van der Waals surface area (Å²) in [7, 11) is 1.67. The van der Waals surface area contributed by atoms with Crippen molar-refractivity contribution in [2.75, 3.05) is 18.5 Å². The van der Waals surface area contributed by atoms with Gasteiger partial charge in [-0.15, -0.1) is 0 Å². The number of aryl methyl sites for hydroxylation is 1. The van der Waals surface area contributed by atoms with Gasteiger partial charge in [0.15, 0.2) is 5.96 Å². The summed E-state index contributed by atoms with van der Waals surface area (Å²) in [6.07, 6.45) is 3.97. The third-order valence-electron chi connectivity index (χ3n) is 3.37. The van der Waals surface area contributed by atoms with Gasteiger partial charge in [0.25, 0.3) is 0 Å². The number of hydrogen-bond donors (Lipinski definition) is 2. The first-order chi connectivity index (χ1) is 10.5. The third-order valence-corrected chi connectivity index (χ3v) is 3.68. The highest BCUT2D eigenvalue weighted by atomic mass is 35.5. The number of benzene rings is 1. The van der Waals surface area contributed by atoms with Crippen molar-refractivity contribution in [1.29, 1.82) is 0 Å². The molecule has 5 nitrogen and oxygen atoms in total. The maximum absolute atomic E-state index is 12.3. The average Bonchev–Trinajstić information content (AvgIpc) is 2.50. The molecule has 0 aliphatic rings. The predicted octanol–water partition coefficient (Wildman–Crippen LogP) is 3.55. The minimum atomic E-state index is -0.348. The van der Waals surface area contributed by atoms with Gasteiger partial charge in [0.2, 0.25) is 0 Å². The van der Waals surface area contributed by atoms with E-state index in [0.717, 1.165) is 31.2 Å². The molecular weight excluding hydrogens is 300 g/mol. The Morgan fingerprint density at radius 2 is 2.09 bits per heavy atom. The van der Waals surface area contributed by atoms with Gasteiger partial charge in [-0.05, 0) is 24.5 Å².